The molecule has 3 nitrogen and oxygen atoms in total. The van der Waals surface area contributed by atoms with E-state index in [1.165, 1.54) is 18.2 Å². The van der Waals surface area contributed by atoms with Crippen LogP contribution in [0.25, 0.3) is 15.7 Å². The molecule has 0 atom stereocenters. The van der Waals surface area contributed by atoms with Crippen LogP contribution in [0.1, 0.15) is 0 Å². The second kappa shape index (κ2) is 5.19. The molecule has 0 saturated heterocycles. The molecule has 1 aromatic heterocycles. The van der Waals surface area contributed by atoms with Gasteiger partial charge in [0.25, 0.3) is 0 Å². The lowest BCUT2D eigenvalue weighted by atomic mass is 10.2. The Balaban J connectivity index is 2.08. The third-order valence-corrected chi connectivity index (χ3v) is 3.75. The highest BCUT2D eigenvalue weighted by atomic mass is 79.9. The van der Waals surface area contributed by atoms with Crippen LogP contribution >= 0.6 is 15.9 Å². The first-order valence-electron chi connectivity index (χ1n) is 5.90. The van der Waals surface area contributed by atoms with Gasteiger partial charge in [-0.05, 0) is 40.2 Å². The summed E-state index contributed by atoms with van der Waals surface area (Å²) in [6, 6.07) is 6.78. The molecule has 6 heteroatoms. The predicted octanol–water partition coefficient (Wildman–Crippen LogP) is 5.55. The van der Waals surface area contributed by atoms with Gasteiger partial charge in [-0.15, -0.1) is 0 Å². The first-order chi connectivity index (χ1) is 10.1. The van der Waals surface area contributed by atoms with Crippen LogP contribution in [0.2, 0.25) is 0 Å². The Hall–Kier alpha value is -2.39. The minimum Gasteiger partial charge on any atom is -0.454 e. The van der Waals surface area contributed by atoms with Gasteiger partial charge in [0.05, 0.1) is 11.0 Å². The van der Waals surface area contributed by atoms with E-state index in [1.807, 2.05) is 0 Å². The van der Waals surface area contributed by atoms with Gasteiger partial charge in [0.15, 0.2) is 11.6 Å². The summed E-state index contributed by atoms with van der Waals surface area (Å²) in [5, 5.41) is 0.763. The van der Waals surface area contributed by atoms with E-state index in [4.69, 9.17) is 11.3 Å². The van der Waals surface area contributed by atoms with Crippen molar-refractivity contribution in [2.45, 2.75) is 0 Å². The van der Waals surface area contributed by atoms with E-state index in [-0.39, 0.29) is 17.2 Å². The van der Waals surface area contributed by atoms with Crippen LogP contribution in [0, 0.1) is 18.2 Å². The number of benzene rings is 2. The van der Waals surface area contributed by atoms with Gasteiger partial charge in [0.1, 0.15) is 11.6 Å². The highest BCUT2D eigenvalue weighted by Crippen LogP contribution is 2.38. The highest BCUT2D eigenvalue weighted by Gasteiger charge is 2.15. The molecule has 0 spiro atoms. The molecule has 3 aromatic rings. The van der Waals surface area contributed by atoms with Crippen molar-refractivity contribution in [1.29, 1.82) is 0 Å². The minimum absolute atomic E-state index is 0.00959. The molecule has 0 radical (unpaired) electrons. The summed E-state index contributed by atoms with van der Waals surface area (Å²) < 4.78 is 33.3. The molecular formula is C15H7BrF2N2O. The lowest BCUT2D eigenvalue weighted by molar-refractivity contribution is 0.440. The number of H-pyrrole nitrogens is 1. The number of hydrogen-bond acceptors (Lipinski definition) is 1. The van der Waals surface area contributed by atoms with Gasteiger partial charge in [-0.1, -0.05) is 0 Å². The number of ether oxygens (including phenoxy) is 1. The van der Waals surface area contributed by atoms with Crippen LogP contribution in [-0.4, -0.2) is 4.98 Å². The molecule has 3 rings (SSSR count). The first-order valence-corrected chi connectivity index (χ1v) is 6.69. The van der Waals surface area contributed by atoms with Crippen molar-refractivity contribution < 1.29 is 13.5 Å². The number of nitrogens with one attached hydrogen (secondary N) is 1. The van der Waals surface area contributed by atoms with Crippen LogP contribution < -0.4 is 4.74 Å². The van der Waals surface area contributed by atoms with Crippen LogP contribution in [0.3, 0.4) is 0 Å². The average molecular weight is 349 g/mol. The summed E-state index contributed by atoms with van der Waals surface area (Å²) in [4.78, 5) is 5.95. The van der Waals surface area contributed by atoms with Crippen molar-refractivity contribution in [1.82, 2.24) is 4.98 Å². The van der Waals surface area contributed by atoms with Gasteiger partial charge in [-0.2, -0.15) is 0 Å². The van der Waals surface area contributed by atoms with Gasteiger partial charge >= 0.3 is 0 Å². The SMILES string of the molecule is [C-]#[N+]c1cc(Oc2c(F)cc3[nH]ccc3c2Br)ccc1F. The van der Waals surface area contributed by atoms with Crippen molar-refractivity contribution in [2.75, 3.05) is 0 Å². The van der Waals surface area contributed by atoms with E-state index in [1.54, 1.807) is 12.3 Å². The number of fused-ring (bicyclic) bond motifs is 1. The average Bonchev–Trinajstić information content (AvgIpc) is 2.93. The Morgan fingerprint density at radius 1 is 1.14 bits per heavy atom. The van der Waals surface area contributed by atoms with Crippen molar-refractivity contribution in [3.05, 3.63) is 64.1 Å². The van der Waals surface area contributed by atoms with Crippen LogP contribution in [0.5, 0.6) is 11.5 Å². The Labute approximate surface area is 127 Å². The zero-order valence-corrected chi connectivity index (χ0v) is 12.0. The summed E-state index contributed by atoms with van der Waals surface area (Å²) in [7, 11) is 0. The number of halogens is 3. The zero-order chi connectivity index (χ0) is 15.0. The molecule has 0 fully saturated rings. The Bertz CT molecular complexity index is 883. The predicted molar refractivity (Wildman–Crippen MR) is 78.7 cm³/mol. The maximum Gasteiger partial charge on any atom is 0.225 e. The van der Waals surface area contributed by atoms with Gasteiger partial charge in [-0.25, -0.2) is 13.6 Å². The molecule has 0 bridgehead atoms. The van der Waals surface area contributed by atoms with Crippen molar-refractivity contribution in [3.8, 4) is 11.5 Å². The summed E-state index contributed by atoms with van der Waals surface area (Å²) in [6.45, 7) is 6.87. The molecule has 0 amide bonds. The summed E-state index contributed by atoms with van der Waals surface area (Å²) in [5.41, 5.74) is 0.458. The maximum absolute atomic E-state index is 14.1. The lowest BCUT2D eigenvalue weighted by Crippen LogP contribution is -1.91. The number of aromatic nitrogens is 1. The van der Waals surface area contributed by atoms with Gasteiger partial charge < -0.3 is 9.72 Å². The van der Waals surface area contributed by atoms with Gasteiger partial charge in [0, 0.05) is 23.2 Å². The smallest absolute Gasteiger partial charge is 0.225 e. The lowest BCUT2D eigenvalue weighted by Gasteiger charge is -2.10. The monoisotopic (exact) mass is 348 g/mol. The summed E-state index contributed by atoms with van der Waals surface area (Å²) in [5.74, 6) is -1.02. The molecule has 0 saturated carbocycles. The fourth-order valence-corrected chi connectivity index (χ4v) is 2.58. The van der Waals surface area contributed by atoms with E-state index in [9.17, 15) is 8.78 Å². The molecule has 0 aliphatic carbocycles. The zero-order valence-electron chi connectivity index (χ0n) is 10.5. The number of hydrogen-bond donors (Lipinski definition) is 1. The van der Waals surface area contributed by atoms with E-state index in [0.29, 0.717) is 9.99 Å². The third-order valence-electron chi connectivity index (χ3n) is 2.96. The fraction of sp³-hybridized carbons (Fsp3) is 0. The summed E-state index contributed by atoms with van der Waals surface area (Å²) in [6.07, 6.45) is 1.69. The molecular weight excluding hydrogens is 342 g/mol. The number of rotatable bonds is 2. The van der Waals surface area contributed by atoms with Crippen LogP contribution in [0.15, 0.2) is 41.0 Å². The van der Waals surface area contributed by atoms with Crippen LogP contribution in [-0.2, 0) is 0 Å². The third kappa shape index (κ3) is 2.36. The molecule has 0 unspecified atom stereocenters. The number of nitrogens with zero attached hydrogens (tertiary/aromatic N) is 1. The van der Waals surface area contributed by atoms with Crippen molar-refractivity contribution in [2.24, 2.45) is 0 Å². The second-order valence-corrected chi connectivity index (χ2v) is 5.06. The standard InChI is InChI=1S/C15H7BrF2N2O/c1-19-13-6-8(2-3-10(13)17)21-15-11(18)7-12-9(14(15)16)4-5-20-12/h2-7,20H. The molecule has 0 aliphatic heterocycles. The van der Waals surface area contributed by atoms with Crippen LogP contribution in [0.4, 0.5) is 14.5 Å². The molecule has 0 aliphatic rings. The quantitative estimate of drug-likeness (QED) is 0.604. The Kier molecular flexibility index (Phi) is 3.35. The van der Waals surface area contributed by atoms with E-state index in [2.05, 4.69) is 25.8 Å². The van der Waals surface area contributed by atoms with E-state index < -0.39 is 11.6 Å². The Morgan fingerprint density at radius 3 is 2.71 bits per heavy atom. The number of aromatic amines is 1. The molecule has 21 heavy (non-hydrogen) atoms. The van der Waals surface area contributed by atoms with Gasteiger partial charge in [0.2, 0.25) is 5.69 Å². The first kappa shape index (κ1) is 13.6. The van der Waals surface area contributed by atoms with E-state index >= 15 is 0 Å². The maximum atomic E-state index is 14.1. The molecule has 104 valence electrons. The molecule has 1 heterocycles. The molecule has 2 aromatic carbocycles. The van der Waals surface area contributed by atoms with Gasteiger partial charge in [-0.3, -0.25) is 0 Å². The highest BCUT2D eigenvalue weighted by molar-refractivity contribution is 9.10. The normalized spacial score (nSPS) is 10.6. The Morgan fingerprint density at radius 2 is 1.95 bits per heavy atom. The van der Waals surface area contributed by atoms with Crippen molar-refractivity contribution in [3.63, 3.8) is 0 Å². The summed E-state index contributed by atoms with van der Waals surface area (Å²) >= 11 is 3.30. The van der Waals surface area contributed by atoms with E-state index in [0.717, 1.165) is 11.5 Å². The topological polar surface area (TPSA) is 29.4 Å². The van der Waals surface area contributed by atoms with Crippen molar-refractivity contribution >= 4 is 32.5 Å². The second-order valence-electron chi connectivity index (χ2n) is 4.27. The fourth-order valence-electron chi connectivity index (χ4n) is 1.97. The largest absolute Gasteiger partial charge is 0.454 e. The minimum atomic E-state index is -0.641. The molecule has 1 N–H and O–H groups in total.